The van der Waals surface area contributed by atoms with Gasteiger partial charge < -0.3 is 10.6 Å². The molecule has 3 amide bonds. The molecule has 0 radical (unpaired) electrons. The van der Waals surface area contributed by atoms with Crippen LogP contribution in [0.5, 0.6) is 0 Å². The highest BCUT2D eigenvalue weighted by Crippen LogP contribution is 2.35. The molecule has 1 unspecified atom stereocenters. The van der Waals surface area contributed by atoms with Gasteiger partial charge in [-0.15, -0.1) is 0 Å². The Hall–Kier alpha value is -2.25. The number of imide groups is 1. The van der Waals surface area contributed by atoms with E-state index < -0.39 is 6.04 Å². The van der Waals surface area contributed by atoms with Crippen molar-refractivity contribution in [1.82, 2.24) is 15.1 Å². The summed E-state index contributed by atoms with van der Waals surface area (Å²) in [6.07, 6.45) is 0.662. The molecule has 3 atom stereocenters. The number of hydrogen-bond acceptors (Lipinski definition) is 5. The highest BCUT2D eigenvalue weighted by atomic mass is 16.2. The van der Waals surface area contributed by atoms with E-state index in [1.165, 1.54) is 0 Å². The number of piperidine rings is 1. The molecule has 1 aromatic rings. The molecule has 7 nitrogen and oxygen atoms in total. The molecule has 2 fully saturated rings. The lowest BCUT2D eigenvalue weighted by atomic mass is 9.81. The van der Waals surface area contributed by atoms with Crippen LogP contribution in [0.4, 0.5) is 0 Å². The van der Waals surface area contributed by atoms with Crippen molar-refractivity contribution in [1.29, 1.82) is 0 Å². The van der Waals surface area contributed by atoms with Gasteiger partial charge in [0.2, 0.25) is 11.8 Å². The Morgan fingerprint density at radius 3 is 2.75 bits per heavy atom. The molecular formula is C21H28N4O3. The third-order valence-corrected chi connectivity index (χ3v) is 6.77. The van der Waals surface area contributed by atoms with Crippen LogP contribution in [-0.2, 0) is 22.7 Å². The molecule has 1 aromatic carbocycles. The van der Waals surface area contributed by atoms with E-state index in [4.69, 9.17) is 5.73 Å². The van der Waals surface area contributed by atoms with Crippen LogP contribution in [0.15, 0.2) is 18.2 Å². The van der Waals surface area contributed by atoms with Gasteiger partial charge in [-0.1, -0.05) is 26.0 Å². The Morgan fingerprint density at radius 1 is 1.29 bits per heavy atom. The van der Waals surface area contributed by atoms with Crippen LogP contribution >= 0.6 is 0 Å². The Balaban J connectivity index is 1.48. The van der Waals surface area contributed by atoms with Crippen LogP contribution < -0.4 is 11.1 Å². The number of nitrogens with one attached hydrogen (secondary N) is 1. The molecule has 4 rings (SSSR count). The molecule has 3 aliphatic rings. The Morgan fingerprint density at radius 2 is 2.07 bits per heavy atom. The van der Waals surface area contributed by atoms with Gasteiger partial charge in [0.1, 0.15) is 6.04 Å². The van der Waals surface area contributed by atoms with Gasteiger partial charge in [0.05, 0.1) is 0 Å². The molecule has 2 saturated heterocycles. The molecule has 28 heavy (non-hydrogen) atoms. The maximum Gasteiger partial charge on any atom is 0.255 e. The average molecular weight is 384 g/mol. The van der Waals surface area contributed by atoms with Crippen molar-refractivity contribution in [2.75, 3.05) is 19.6 Å². The molecular weight excluding hydrogens is 356 g/mol. The minimum atomic E-state index is -0.564. The summed E-state index contributed by atoms with van der Waals surface area (Å²) >= 11 is 0. The van der Waals surface area contributed by atoms with Crippen molar-refractivity contribution in [2.24, 2.45) is 17.1 Å². The normalized spacial score (nSPS) is 30.7. The van der Waals surface area contributed by atoms with Crippen LogP contribution in [0.2, 0.25) is 0 Å². The van der Waals surface area contributed by atoms with Crippen LogP contribution in [0, 0.1) is 11.3 Å². The van der Waals surface area contributed by atoms with Crippen LogP contribution in [0.25, 0.3) is 0 Å². The van der Waals surface area contributed by atoms with Gasteiger partial charge in [-0.3, -0.25) is 24.6 Å². The van der Waals surface area contributed by atoms with Crippen molar-refractivity contribution in [2.45, 2.75) is 45.8 Å². The van der Waals surface area contributed by atoms with Gasteiger partial charge in [0.15, 0.2) is 0 Å². The van der Waals surface area contributed by atoms with Gasteiger partial charge in [-0.25, -0.2) is 0 Å². The maximum absolute atomic E-state index is 12.9. The van der Waals surface area contributed by atoms with E-state index >= 15 is 0 Å². The second-order valence-corrected chi connectivity index (χ2v) is 8.82. The van der Waals surface area contributed by atoms with E-state index in [0.29, 0.717) is 31.0 Å². The van der Waals surface area contributed by atoms with Crippen molar-refractivity contribution >= 4 is 17.7 Å². The standard InChI is InChI=1S/C21H28N4O3/c1-13-8-24(12-21(13,2)11-22)9-14-3-4-15-10-25(20(28)16(15)7-14)17-5-6-18(26)23-19(17)27/h3-4,7,13,17H,5-6,8-12,22H2,1-2H3,(H,23,26,27)/t13-,17?,21-/m1/s1. The highest BCUT2D eigenvalue weighted by Gasteiger charge is 2.40. The molecule has 150 valence electrons. The van der Waals surface area contributed by atoms with E-state index in [1.807, 2.05) is 12.1 Å². The largest absolute Gasteiger partial charge is 0.330 e. The summed E-state index contributed by atoms with van der Waals surface area (Å²) in [6, 6.07) is 5.47. The maximum atomic E-state index is 12.9. The third-order valence-electron chi connectivity index (χ3n) is 6.77. The molecule has 0 aromatic heterocycles. The van der Waals surface area contributed by atoms with Crippen molar-refractivity contribution in [3.8, 4) is 0 Å². The molecule has 0 bridgehead atoms. The minimum Gasteiger partial charge on any atom is -0.330 e. The Labute approximate surface area is 165 Å². The predicted octanol–water partition coefficient (Wildman–Crippen LogP) is 0.864. The van der Waals surface area contributed by atoms with E-state index in [-0.39, 0.29) is 29.6 Å². The van der Waals surface area contributed by atoms with Crippen LogP contribution in [0.3, 0.4) is 0 Å². The number of amides is 3. The molecule has 3 heterocycles. The number of nitrogens with zero attached hydrogens (tertiary/aromatic N) is 2. The quantitative estimate of drug-likeness (QED) is 0.751. The lowest BCUT2D eigenvalue weighted by Crippen LogP contribution is -2.52. The summed E-state index contributed by atoms with van der Waals surface area (Å²) in [5.41, 5.74) is 8.84. The molecule has 0 aliphatic carbocycles. The SMILES string of the molecule is C[C@@H]1CN(Cc2ccc3c(c2)C(=O)N(C2CCC(=O)NC2=O)C3)C[C@@]1(C)CN. The first-order valence-electron chi connectivity index (χ1n) is 9.99. The first-order valence-corrected chi connectivity index (χ1v) is 9.99. The van der Waals surface area contributed by atoms with Gasteiger partial charge >= 0.3 is 0 Å². The molecule has 3 N–H and O–H groups in total. The van der Waals surface area contributed by atoms with Crippen LogP contribution in [0.1, 0.15) is 48.2 Å². The zero-order valence-electron chi connectivity index (χ0n) is 16.5. The molecule has 0 spiro atoms. The summed E-state index contributed by atoms with van der Waals surface area (Å²) in [7, 11) is 0. The van der Waals surface area contributed by atoms with Crippen LogP contribution in [-0.4, -0.2) is 53.2 Å². The summed E-state index contributed by atoms with van der Waals surface area (Å²) in [5, 5.41) is 2.34. The van der Waals surface area contributed by atoms with Crippen molar-refractivity contribution in [3.63, 3.8) is 0 Å². The van der Waals surface area contributed by atoms with E-state index in [9.17, 15) is 14.4 Å². The fourth-order valence-corrected chi connectivity index (χ4v) is 4.68. The van der Waals surface area contributed by atoms with Gasteiger partial charge in [-0.05, 0) is 41.5 Å². The van der Waals surface area contributed by atoms with E-state index in [2.05, 4.69) is 30.1 Å². The third kappa shape index (κ3) is 3.22. The number of carbonyl (C=O) groups is 3. The Kier molecular flexibility index (Phi) is 4.75. The molecule has 3 aliphatic heterocycles. The fourth-order valence-electron chi connectivity index (χ4n) is 4.68. The number of fused-ring (bicyclic) bond motifs is 1. The zero-order valence-corrected chi connectivity index (χ0v) is 16.5. The van der Waals surface area contributed by atoms with E-state index in [0.717, 1.165) is 30.8 Å². The number of benzene rings is 1. The average Bonchev–Trinajstić information content (AvgIpc) is 3.12. The van der Waals surface area contributed by atoms with Gasteiger partial charge in [0, 0.05) is 38.2 Å². The number of rotatable bonds is 4. The first-order chi connectivity index (χ1) is 13.3. The molecule has 0 saturated carbocycles. The second kappa shape index (κ2) is 6.97. The summed E-state index contributed by atoms with van der Waals surface area (Å²) < 4.78 is 0. The monoisotopic (exact) mass is 384 g/mol. The summed E-state index contributed by atoms with van der Waals surface area (Å²) in [4.78, 5) is 40.5. The number of carbonyl (C=O) groups excluding carboxylic acids is 3. The lowest BCUT2D eigenvalue weighted by Gasteiger charge is -2.29. The molecule has 7 heteroatoms. The van der Waals surface area contributed by atoms with Crippen molar-refractivity contribution in [3.05, 3.63) is 34.9 Å². The minimum absolute atomic E-state index is 0.118. The lowest BCUT2D eigenvalue weighted by molar-refractivity contribution is -0.136. The fraction of sp³-hybridized carbons (Fsp3) is 0.571. The number of hydrogen-bond donors (Lipinski definition) is 2. The number of nitrogens with two attached hydrogens (primary N) is 1. The topological polar surface area (TPSA) is 95.7 Å². The summed E-state index contributed by atoms with van der Waals surface area (Å²) in [6.45, 7) is 8.33. The second-order valence-electron chi connectivity index (χ2n) is 8.82. The zero-order chi connectivity index (χ0) is 20.1. The predicted molar refractivity (Wildman–Crippen MR) is 104 cm³/mol. The Bertz CT molecular complexity index is 839. The van der Waals surface area contributed by atoms with Crippen molar-refractivity contribution < 1.29 is 14.4 Å². The van der Waals surface area contributed by atoms with Gasteiger partial charge in [-0.2, -0.15) is 0 Å². The highest BCUT2D eigenvalue weighted by molar-refractivity contribution is 6.05. The van der Waals surface area contributed by atoms with Gasteiger partial charge in [0.25, 0.3) is 5.91 Å². The number of likely N-dealkylation sites (tertiary alicyclic amines) is 1. The van der Waals surface area contributed by atoms with E-state index in [1.54, 1.807) is 4.90 Å². The first kappa shape index (κ1) is 19.1. The smallest absolute Gasteiger partial charge is 0.255 e. The summed E-state index contributed by atoms with van der Waals surface area (Å²) in [5.74, 6) is -0.216.